The first kappa shape index (κ1) is 13.5. The third-order valence-corrected chi connectivity index (χ3v) is 3.06. The van der Waals surface area contributed by atoms with Gasteiger partial charge in [-0.2, -0.15) is 18.7 Å². The number of anilines is 2. The van der Waals surface area contributed by atoms with Crippen LogP contribution in [-0.4, -0.2) is 41.9 Å². The van der Waals surface area contributed by atoms with Crippen molar-refractivity contribution in [3.05, 3.63) is 18.2 Å². The molecule has 0 bridgehead atoms. The number of rotatable bonds is 1. The van der Waals surface area contributed by atoms with Crippen molar-refractivity contribution in [2.75, 3.05) is 11.5 Å². The number of nitrogens with zero attached hydrogens (tertiary/aromatic N) is 4. The van der Waals surface area contributed by atoms with Crippen molar-refractivity contribution in [3.8, 4) is 0 Å². The van der Waals surface area contributed by atoms with Gasteiger partial charge in [0.2, 0.25) is 12.2 Å². The van der Waals surface area contributed by atoms with Crippen molar-refractivity contribution < 1.29 is 23.7 Å². The molecule has 3 heterocycles. The fourth-order valence-electron chi connectivity index (χ4n) is 2.10. The zero-order chi connectivity index (χ0) is 15.3. The minimum Gasteiger partial charge on any atom is -0.463 e. The fraction of sp³-hybridized carbons (Fsp3) is 0.300. The molecule has 3 atom stereocenters. The summed E-state index contributed by atoms with van der Waals surface area (Å²) in [7, 11) is 0. The molecule has 2 aromatic rings. The van der Waals surface area contributed by atoms with Crippen molar-refractivity contribution in [2.24, 2.45) is 0 Å². The summed E-state index contributed by atoms with van der Waals surface area (Å²) in [5.74, 6) is -1.15. The number of ether oxygens (including phenoxy) is 1. The first-order valence-electron chi connectivity index (χ1n) is 5.73. The number of fused-ring (bicyclic) bond motifs is 1. The maximum absolute atomic E-state index is 12.6. The van der Waals surface area contributed by atoms with Gasteiger partial charge in [-0.3, -0.25) is 4.57 Å². The summed E-state index contributed by atoms with van der Waals surface area (Å²) in [6.45, 7) is 0. The van der Waals surface area contributed by atoms with E-state index in [1.165, 1.54) is 6.33 Å². The summed E-state index contributed by atoms with van der Waals surface area (Å²) in [6, 6.07) is 0. The van der Waals surface area contributed by atoms with Crippen molar-refractivity contribution in [1.82, 2.24) is 19.5 Å². The molecule has 0 saturated carbocycles. The lowest BCUT2D eigenvalue weighted by Crippen LogP contribution is -2.27. The number of aliphatic hydroxyl groups is 2. The van der Waals surface area contributed by atoms with Gasteiger partial charge in [0.05, 0.1) is 0 Å². The van der Waals surface area contributed by atoms with Crippen LogP contribution in [-0.2, 0) is 4.74 Å². The smallest absolute Gasteiger partial charge is 0.310 e. The van der Waals surface area contributed by atoms with Gasteiger partial charge < -0.3 is 26.4 Å². The number of nitrogen functional groups attached to an aromatic ring is 2. The van der Waals surface area contributed by atoms with E-state index in [9.17, 15) is 19.0 Å². The molecular formula is C10H10F2N6O3. The molecule has 0 aromatic carbocycles. The molecule has 1 fully saturated rings. The first-order valence-corrected chi connectivity index (χ1v) is 5.73. The van der Waals surface area contributed by atoms with E-state index in [-0.39, 0.29) is 22.9 Å². The minimum absolute atomic E-state index is 0.00303. The Morgan fingerprint density at radius 2 is 2.00 bits per heavy atom. The zero-order valence-corrected chi connectivity index (χ0v) is 10.3. The van der Waals surface area contributed by atoms with Gasteiger partial charge in [0.15, 0.2) is 17.2 Å². The standard InChI is InChI=1S/C10H10F2N6O3/c11-6(12)5-3(19)4(20)9(21-5)18-1-15-2-7(13)16-10(14)17-8(2)18/h1,3-4,9,19-20H,(H4,13,14,16,17)/t3?,4?,9-/m1/s1. The van der Waals surface area contributed by atoms with Crippen LogP contribution in [0.4, 0.5) is 20.5 Å². The molecule has 1 aliphatic rings. The third-order valence-electron chi connectivity index (χ3n) is 3.06. The van der Waals surface area contributed by atoms with E-state index < -0.39 is 30.3 Å². The molecule has 112 valence electrons. The Morgan fingerprint density at radius 3 is 2.62 bits per heavy atom. The molecule has 0 radical (unpaired) electrons. The largest absolute Gasteiger partial charge is 0.463 e. The second kappa shape index (κ2) is 4.49. The Kier molecular flexibility index (Phi) is 2.88. The lowest BCUT2D eigenvalue weighted by atomic mass is 10.2. The van der Waals surface area contributed by atoms with Crippen LogP contribution >= 0.6 is 0 Å². The highest BCUT2D eigenvalue weighted by Gasteiger charge is 2.44. The summed E-state index contributed by atoms with van der Waals surface area (Å²) in [5, 5.41) is 19.4. The van der Waals surface area contributed by atoms with Crippen LogP contribution in [0.15, 0.2) is 18.2 Å². The van der Waals surface area contributed by atoms with Gasteiger partial charge in [0, 0.05) is 0 Å². The van der Waals surface area contributed by atoms with Crippen molar-refractivity contribution >= 4 is 22.9 Å². The van der Waals surface area contributed by atoms with Crippen molar-refractivity contribution in [2.45, 2.75) is 18.4 Å². The molecule has 2 unspecified atom stereocenters. The highest BCUT2D eigenvalue weighted by Crippen LogP contribution is 2.36. The molecule has 9 nitrogen and oxygen atoms in total. The maximum Gasteiger partial charge on any atom is 0.310 e. The minimum atomic E-state index is -2.22. The van der Waals surface area contributed by atoms with E-state index in [4.69, 9.17) is 16.2 Å². The van der Waals surface area contributed by atoms with Gasteiger partial charge >= 0.3 is 6.08 Å². The molecule has 21 heavy (non-hydrogen) atoms. The number of aromatic nitrogens is 4. The number of hydrogen-bond acceptors (Lipinski definition) is 8. The van der Waals surface area contributed by atoms with E-state index in [2.05, 4.69) is 15.0 Å². The molecule has 0 spiro atoms. The van der Waals surface area contributed by atoms with E-state index in [0.29, 0.717) is 0 Å². The number of nitrogens with two attached hydrogens (primary N) is 2. The van der Waals surface area contributed by atoms with Crippen molar-refractivity contribution in [1.29, 1.82) is 0 Å². The van der Waals surface area contributed by atoms with Gasteiger partial charge in [-0.05, 0) is 0 Å². The van der Waals surface area contributed by atoms with E-state index in [0.717, 1.165) is 4.57 Å². The Morgan fingerprint density at radius 1 is 1.29 bits per heavy atom. The van der Waals surface area contributed by atoms with E-state index in [1.54, 1.807) is 0 Å². The van der Waals surface area contributed by atoms with Crippen LogP contribution in [0.3, 0.4) is 0 Å². The molecule has 0 amide bonds. The molecule has 1 aliphatic heterocycles. The second-order valence-corrected chi connectivity index (χ2v) is 4.36. The molecule has 3 rings (SSSR count). The number of aliphatic hydroxyl groups excluding tert-OH is 2. The Hall–Kier alpha value is -2.53. The molecule has 2 aromatic heterocycles. The predicted molar refractivity (Wildman–Crippen MR) is 65.5 cm³/mol. The Balaban J connectivity index is 2.12. The first-order chi connectivity index (χ1) is 9.90. The monoisotopic (exact) mass is 300 g/mol. The van der Waals surface area contributed by atoms with Crippen LogP contribution in [0.5, 0.6) is 0 Å². The summed E-state index contributed by atoms with van der Waals surface area (Å²) in [4.78, 5) is 11.5. The lowest BCUT2D eigenvalue weighted by Gasteiger charge is -2.15. The fourth-order valence-corrected chi connectivity index (χ4v) is 2.10. The van der Waals surface area contributed by atoms with Crippen LogP contribution in [0.25, 0.3) is 11.2 Å². The second-order valence-electron chi connectivity index (χ2n) is 4.36. The highest BCUT2D eigenvalue weighted by atomic mass is 19.3. The van der Waals surface area contributed by atoms with Crippen molar-refractivity contribution in [3.63, 3.8) is 0 Å². The van der Waals surface area contributed by atoms with E-state index in [1.807, 2.05) is 0 Å². The molecule has 1 saturated heterocycles. The van der Waals surface area contributed by atoms with Gasteiger partial charge in [-0.15, -0.1) is 0 Å². The highest BCUT2D eigenvalue weighted by molar-refractivity contribution is 5.82. The molecule has 0 aliphatic carbocycles. The molecular weight excluding hydrogens is 290 g/mol. The Labute approximate surface area is 115 Å². The summed E-state index contributed by atoms with van der Waals surface area (Å²) in [5.41, 5.74) is 11.3. The van der Waals surface area contributed by atoms with Crippen LogP contribution in [0, 0.1) is 0 Å². The van der Waals surface area contributed by atoms with Crippen LogP contribution in [0.2, 0.25) is 0 Å². The van der Waals surface area contributed by atoms with Gasteiger partial charge in [0.25, 0.3) is 0 Å². The molecule has 6 N–H and O–H groups in total. The number of halogens is 2. The Bertz CT molecular complexity index is 744. The number of hydrogen-bond donors (Lipinski definition) is 4. The van der Waals surface area contributed by atoms with Gasteiger partial charge in [0.1, 0.15) is 24.1 Å². The summed E-state index contributed by atoms with van der Waals surface area (Å²) in [6.07, 6.45) is -5.86. The SMILES string of the molecule is Nc1nc(N)c2ncn([C@@H]3OC(=C(F)F)C(O)C3O)c2n1. The predicted octanol–water partition coefficient (Wildman–Crippen LogP) is -0.651. The summed E-state index contributed by atoms with van der Waals surface area (Å²) < 4.78 is 31.3. The summed E-state index contributed by atoms with van der Waals surface area (Å²) >= 11 is 0. The lowest BCUT2D eigenvalue weighted by molar-refractivity contribution is -0.0124. The average molecular weight is 300 g/mol. The normalized spacial score (nSPS) is 25.3. The topological polar surface area (TPSA) is 145 Å². The van der Waals surface area contributed by atoms with E-state index >= 15 is 0 Å². The molecule has 11 heteroatoms. The quantitative estimate of drug-likeness (QED) is 0.543. The third kappa shape index (κ3) is 1.94. The maximum atomic E-state index is 12.6. The van der Waals surface area contributed by atoms with Gasteiger partial charge in [-0.1, -0.05) is 0 Å². The zero-order valence-electron chi connectivity index (χ0n) is 10.3. The van der Waals surface area contributed by atoms with Gasteiger partial charge in [-0.25, -0.2) is 4.98 Å². The average Bonchev–Trinajstić information content (AvgIpc) is 2.93. The number of imidazole rings is 1. The van der Waals surface area contributed by atoms with Crippen LogP contribution in [0.1, 0.15) is 6.23 Å². The van der Waals surface area contributed by atoms with Crippen LogP contribution < -0.4 is 11.5 Å².